The SMILES string of the molecule is C[C@]12C(=O)N(c3ccc(O)cc3)C(=O)[C@H]1[C@@H]1C=C[C@@H]2C1. The van der Waals surface area contributed by atoms with Crippen molar-refractivity contribution in [3.05, 3.63) is 36.4 Å². The number of amides is 2. The van der Waals surface area contributed by atoms with Crippen molar-refractivity contribution in [1.82, 2.24) is 0 Å². The van der Waals surface area contributed by atoms with Gasteiger partial charge in [-0.3, -0.25) is 9.59 Å². The summed E-state index contributed by atoms with van der Waals surface area (Å²) in [4.78, 5) is 26.8. The Labute approximate surface area is 116 Å². The Bertz CT molecular complexity index is 648. The lowest BCUT2D eigenvalue weighted by Crippen LogP contribution is -2.37. The third-order valence-corrected chi connectivity index (χ3v) is 5.22. The predicted molar refractivity (Wildman–Crippen MR) is 72.9 cm³/mol. The van der Waals surface area contributed by atoms with Gasteiger partial charge in [0.25, 0.3) is 0 Å². The van der Waals surface area contributed by atoms with Gasteiger partial charge in [0.05, 0.1) is 17.0 Å². The third-order valence-electron chi connectivity index (χ3n) is 5.22. The first kappa shape index (κ1) is 11.7. The number of carbonyl (C=O) groups is 2. The van der Waals surface area contributed by atoms with E-state index in [2.05, 4.69) is 12.2 Å². The summed E-state index contributed by atoms with van der Waals surface area (Å²) < 4.78 is 0. The van der Waals surface area contributed by atoms with Crippen LogP contribution >= 0.6 is 0 Å². The molecule has 1 aromatic rings. The molecule has 0 unspecified atom stereocenters. The van der Waals surface area contributed by atoms with Gasteiger partial charge < -0.3 is 5.11 Å². The summed E-state index contributed by atoms with van der Waals surface area (Å²) in [5.41, 5.74) is -0.0400. The fourth-order valence-electron chi connectivity index (χ4n) is 4.15. The Balaban J connectivity index is 1.80. The number of phenols is 1. The Kier molecular flexibility index (Phi) is 2.05. The highest BCUT2D eigenvalue weighted by Gasteiger charge is 2.67. The Morgan fingerprint density at radius 1 is 1.20 bits per heavy atom. The number of allylic oxidation sites excluding steroid dienone is 2. The molecule has 0 radical (unpaired) electrons. The number of hydrogen-bond donors (Lipinski definition) is 1. The van der Waals surface area contributed by atoms with Crippen molar-refractivity contribution in [2.45, 2.75) is 13.3 Å². The number of carbonyl (C=O) groups excluding carboxylic acids is 2. The van der Waals surface area contributed by atoms with Gasteiger partial charge in [0, 0.05) is 0 Å². The molecule has 4 rings (SSSR count). The molecule has 4 nitrogen and oxygen atoms in total. The van der Waals surface area contributed by atoms with E-state index in [0.29, 0.717) is 5.69 Å². The van der Waals surface area contributed by atoms with Crippen LogP contribution in [0, 0.1) is 23.2 Å². The maximum atomic E-state index is 12.8. The lowest BCUT2D eigenvalue weighted by atomic mass is 9.71. The van der Waals surface area contributed by atoms with E-state index in [1.165, 1.54) is 17.0 Å². The first-order valence-electron chi connectivity index (χ1n) is 6.89. The number of aromatic hydroxyl groups is 1. The largest absolute Gasteiger partial charge is 0.508 e. The van der Waals surface area contributed by atoms with Gasteiger partial charge in [-0.2, -0.15) is 0 Å². The quantitative estimate of drug-likeness (QED) is 0.627. The molecule has 4 heteroatoms. The number of anilines is 1. The molecule has 1 N–H and O–H groups in total. The molecule has 4 atom stereocenters. The summed E-state index contributed by atoms with van der Waals surface area (Å²) in [7, 11) is 0. The number of fused-ring (bicyclic) bond motifs is 5. The molecule has 2 fully saturated rings. The zero-order chi connectivity index (χ0) is 14.1. The number of phenolic OH excluding ortho intramolecular Hbond substituents is 1. The summed E-state index contributed by atoms with van der Waals surface area (Å²) in [5.74, 6) is 0.0782. The van der Waals surface area contributed by atoms with E-state index in [0.717, 1.165) is 6.42 Å². The molecule has 1 aromatic carbocycles. The zero-order valence-electron chi connectivity index (χ0n) is 11.1. The highest BCUT2D eigenvalue weighted by atomic mass is 16.3. The van der Waals surface area contributed by atoms with E-state index in [4.69, 9.17) is 0 Å². The van der Waals surface area contributed by atoms with Crippen LogP contribution in [0.15, 0.2) is 36.4 Å². The van der Waals surface area contributed by atoms with Gasteiger partial charge in [0.1, 0.15) is 5.75 Å². The van der Waals surface area contributed by atoms with Crippen molar-refractivity contribution in [2.75, 3.05) is 4.90 Å². The van der Waals surface area contributed by atoms with Crippen LogP contribution in [0.4, 0.5) is 5.69 Å². The van der Waals surface area contributed by atoms with Crippen LogP contribution < -0.4 is 4.90 Å². The Hall–Kier alpha value is -2.10. The van der Waals surface area contributed by atoms with Crippen molar-refractivity contribution in [3.8, 4) is 5.75 Å². The minimum Gasteiger partial charge on any atom is -0.508 e. The van der Waals surface area contributed by atoms with Crippen molar-refractivity contribution < 1.29 is 14.7 Å². The second kappa shape index (κ2) is 3.51. The molecular formula is C16H15NO3. The molecule has 2 aliphatic carbocycles. The van der Waals surface area contributed by atoms with E-state index < -0.39 is 5.41 Å². The van der Waals surface area contributed by atoms with Crippen LogP contribution in [0.2, 0.25) is 0 Å². The highest BCUT2D eigenvalue weighted by Crippen LogP contribution is 2.60. The monoisotopic (exact) mass is 269 g/mol. The van der Waals surface area contributed by atoms with Crippen LogP contribution in [0.1, 0.15) is 13.3 Å². The molecular weight excluding hydrogens is 254 g/mol. The standard InChI is InChI=1S/C16H15NO3/c1-16-10-3-2-9(8-10)13(16)14(19)17(15(16)20)11-4-6-12(18)7-5-11/h2-7,9-10,13,18H,8H2,1H3/t9-,10-,13-,16-/m1/s1. The van der Waals surface area contributed by atoms with E-state index >= 15 is 0 Å². The van der Waals surface area contributed by atoms with E-state index in [9.17, 15) is 14.7 Å². The minimum atomic E-state index is -0.589. The van der Waals surface area contributed by atoms with Gasteiger partial charge in [-0.05, 0) is 49.4 Å². The van der Waals surface area contributed by atoms with E-state index in [1.54, 1.807) is 12.1 Å². The number of hydrogen-bond acceptors (Lipinski definition) is 3. The molecule has 2 bridgehead atoms. The summed E-state index contributed by atoms with van der Waals surface area (Å²) in [6.45, 7) is 1.92. The van der Waals surface area contributed by atoms with Crippen LogP contribution in [0.25, 0.3) is 0 Å². The van der Waals surface area contributed by atoms with Gasteiger partial charge in [0.2, 0.25) is 11.8 Å². The molecule has 102 valence electrons. The van der Waals surface area contributed by atoms with Crippen molar-refractivity contribution in [2.24, 2.45) is 23.2 Å². The summed E-state index contributed by atoms with van der Waals surface area (Å²) >= 11 is 0. The van der Waals surface area contributed by atoms with Gasteiger partial charge in [0.15, 0.2) is 0 Å². The molecule has 3 aliphatic rings. The van der Waals surface area contributed by atoms with Crippen LogP contribution in [0.5, 0.6) is 5.75 Å². The highest BCUT2D eigenvalue weighted by molar-refractivity contribution is 6.24. The van der Waals surface area contributed by atoms with Crippen LogP contribution in [-0.4, -0.2) is 16.9 Å². The smallest absolute Gasteiger partial charge is 0.241 e. The fraction of sp³-hybridized carbons (Fsp3) is 0.375. The van der Waals surface area contributed by atoms with Crippen LogP contribution in [-0.2, 0) is 9.59 Å². The van der Waals surface area contributed by atoms with Crippen molar-refractivity contribution in [3.63, 3.8) is 0 Å². The number of imide groups is 1. The fourth-order valence-corrected chi connectivity index (χ4v) is 4.15. The zero-order valence-corrected chi connectivity index (χ0v) is 11.1. The minimum absolute atomic E-state index is 0.0972. The molecule has 0 spiro atoms. The number of benzene rings is 1. The second-order valence-corrected chi connectivity index (χ2v) is 6.15. The predicted octanol–water partition coefficient (Wildman–Crippen LogP) is 2.09. The summed E-state index contributed by atoms with van der Waals surface area (Å²) in [6, 6.07) is 6.23. The molecule has 1 heterocycles. The Morgan fingerprint density at radius 2 is 1.90 bits per heavy atom. The third kappa shape index (κ3) is 1.17. The normalized spacial score (nSPS) is 37.9. The first-order chi connectivity index (χ1) is 9.53. The maximum Gasteiger partial charge on any atom is 0.241 e. The maximum absolute atomic E-state index is 12.8. The average molecular weight is 269 g/mol. The number of rotatable bonds is 1. The van der Waals surface area contributed by atoms with Gasteiger partial charge in [-0.1, -0.05) is 12.2 Å². The lowest BCUT2D eigenvalue weighted by molar-refractivity contribution is -0.127. The lowest BCUT2D eigenvalue weighted by Gasteiger charge is -2.28. The molecule has 1 saturated carbocycles. The average Bonchev–Trinajstić information content (AvgIpc) is 3.05. The molecule has 1 aliphatic heterocycles. The topological polar surface area (TPSA) is 57.6 Å². The van der Waals surface area contributed by atoms with Gasteiger partial charge >= 0.3 is 0 Å². The summed E-state index contributed by atoms with van der Waals surface area (Å²) in [6.07, 6.45) is 5.09. The first-order valence-corrected chi connectivity index (χ1v) is 6.89. The summed E-state index contributed by atoms with van der Waals surface area (Å²) in [5, 5.41) is 9.34. The Morgan fingerprint density at radius 3 is 2.55 bits per heavy atom. The second-order valence-electron chi connectivity index (χ2n) is 6.15. The number of nitrogens with zero attached hydrogens (tertiary/aromatic N) is 1. The molecule has 1 saturated heterocycles. The molecule has 0 aromatic heterocycles. The van der Waals surface area contributed by atoms with E-state index in [1.807, 2.05) is 6.92 Å². The van der Waals surface area contributed by atoms with Crippen LogP contribution in [0.3, 0.4) is 0 Å². The molecule has 2 amide bonds. The van der Waals surface area contributed by atoms with Gasteiger partial charge in [-0.15, -0.1) is 0 Å². The molecule has 20 heavy (non-hydrogen) atoms. The van der Waals surface area contributed by atoms with E-state index in [-0.39, 0.29) is 35.3 Å². The van der Waals surface area contributed by atoms with Gasteiger partial charge in [-0.25, -0.2) is 4.90 Å². The van der Waals surface area contributed by atoms with Crippen molar-refractivity contribution in [1.29, 1.82) is 0 Å². The van der Waals surface area contributed by atoms with Crippen molar-refractivity contribution >= 4 is 17.5 Å².